The van der Waals surface area contributed by atoms with Crippen molar-refractivity contribution < 1.29 is 17.5 Å². The predicted octanol–water partition coefficient (Wildman–Crippen LogP) is 0.385. The maximum absolute atomic E-state index is 13.5. The molecule has 0 aliphatic rings. The summed E-state index contributed by atoms with van der Waals surface area (Å²) in [7, 11) is -2.43. The average molecular weight is 292 g/mol. The van der Waals surface area contributed by atoms with Crippen LogP contribution in [0, 0.1) is 5.82 Å². The quantitative estimate of drug-likeness (QED) is 0.585. The van der Waals surface area contributed by atoms with Crippen LogP contribution in [0.3, 0.4) is 0 Å². The minimum atomic E-state index is -3.87. The maximum atomic E-state index is 13.5. The number of ether oxygens (including phenoxy) is 1. The summed E-state index contributed by atoms with van der Waals surface area (Å²) in [6, 6.07) is 3.62. The summed E-state index contributed by atoms with van der Waals surface area (Å²) in [6.07, 6.45) is 0. The zero-order chi connectivity index (χ0) is 13.8. The van der Waals surface area contributed by atoms with E-state index >= 15 is 0 Å². The number of halogens is 1. The van der Waals surface area contributed by atoms with Crippen molar-refractivity contribution in [2.24, 2.45) is 5.73 Å². The van der Waals surface area contributed by atoms with E-state index in [1.807, 2.05) is 0 Å². The molecule has 18 heavy (non-hydrogen) atoms. The number of hydrogen-bond donors (Lipinski definition) is 2. The third-order valence-corrected chi connectivity index (χ3v) is 3.82. The van der Waals surface area contributed by atoms with E-state index in [2.05, 4.69) is 16.9 Å². The number of methoxy groups -OCH3 is 1. The lowest BCUT2D eigenvalue weighted by Gasteiger charge is -2.11. The van der Waals surface area contributed by atoms with E-state index in [0.717, 1.165) is 6.07 Å². The number of sulfonamides is 1. The zero-order valence-electron chi connectivity index (χ0n) is 9.64. The van der Waals surface area contributed by atoms with Crippen molar-refractivity contribution in [3.8, 4) is 0 Å². The van der Waals surface area contributed by atoms with Crippen LogP contribution >= 0.6 is 12.2 Å². The molecule has 5 nitrogen and oxygen atoms in total. The van der Waals surface area contributed by atoms with E-state index in [-0.39, 0.29) is 28.6 Å². The highest BCUT2D eigenvalue weighted by atomic mass is 32.2. The van der Waals surface area contributed by atoms with Crippen molar-refractivity contribution in [2.45, 2.75) is 4.90 Å². The lowest BCUT2D eigenvalue weighted by molar-refractivity contribution is 0.204. The van der Waals surface area contributed by atoms with E-state index in [9.17, 15) is 12.8 Å². The third kappa shape index (κ3) is 3.45. The van der Waals surface area contributed by atoms with Gasteiger partial charge in [-0.3, -0.25) is 0 Å². The molecular weight excluding hydrogens is 279 g/mol. The highest BCUT2D eigenvalue weighted by Crippen LogP contribution is 2.18. The summed E-state index contributed by atoms with van der Waals surface area (Å²) in [6.45, 7) is 0.281. The van der Waals surface area contributed by atoms with Gasteiger partial charge in [-0.15, -0.1) is 0 Å². The fraction of sp³-hybridized carbons (Fsp3) is 0.300. The minimum Gasteiger partial charge on any atom is -0.389 e. The Balaban J connectivity index is 3.16. The molecule has 0 aliphatic heterocycles. The molecule has 0 saturated carbocycles. The van der Waals surface area contributed by atoms with Crippen LogP contribution in [0.4, 0.5) is 4.39 Å². The van der Waals surface area contributed by atoms with Gasteiger partial charge in [-0.2, -0.15) is 0 Å². The van der Waals surface area contributed by atoms with Gasteiger partial charge in [0.25, 0.3) is 0 Å². The van der Waals surface area contributed by atoms with Gasteiger partial charge in [-0.25, -0.2) is 17.5 Å². The van der Waals surface area contributed by atoms with Gasteiger partial charge < -0.3 is 10.5 Å². The highest BCUT2D eigenvalue weighted by Gasteiger charge is 2.22. The monoisotopic (exact) mass is 292 g/mol. The number of nitrogens with one attached hydrogen (secondary N) is 1. The molecule has 1 aromatic carbocycles. The lowest BCUT2D eigenvalue weighted by atomic mass is 10.2. The van der Waals surface area contributed by atoms with Gasteiger partial charge in [-0.1, -0.05) is 18.3 Å². The molecule has 8 heteroatoms. The van der Waals surface area contributed by atoms with E-state index < -0.39 is 15.8 Å². The van der Waals surface area contributed by atoms with E-state index in [0.29, 0.717) is 0 Å². The highest BCUT2D eigenvalue weighted by molar-refractivity contribution is 7.89. The molecule has 0 atom stereocenters. The van der Waals surface area contributed by atoms with Crippen molar-refractivity contribution in [1.29, 1.82) is 0 Å². The summed E-state index contributed by atoms with van der Waals surface area (Å²) >= 11 is 4.66. The van der Waals surface area contributed by atoms with Gasteiger partial charge in [0.1, 0.15) is 10.8 Å². The van der Waals surface area contributed by atoms with Crippen LogP contribution in [0.15, 0.2) is 23.1 Å². The second kappa shape index (κ2) is 6.19. The maximum Gasteiger partial charge on any atom is 0.241 e. The Bertz CT molecular complexity index is 546. The van der Waals surface area contributed by atoms with Gasteiger partial charge in [0, 0.05) is 13.7 Å². The molecule has 0 fully saturated rings. The van der Waals surface area contributed by atoms with Crippen LogP contribution in [0.1, 0.15) is 5.56 Å². The summed E-state index contributed by atoms with van der Waals surface area (Å²) in [4.78, 5) is -0.577. The fourth-order valence-electron chi connectivity index (χ4n) is 1.32. The molecule has 0 spiro atoms. The average Bonchev–Trinajstić information content (AvgIpc) is 2.28. The van der Waals surface area contributed by atoms with Crippen LogP contribution in [-0.2, 0) is 14.8 Å². The fourth-order valence-corrected chi connectivity index (χ4v) is 2.84. The van der Waals surface area contributed by atoms with Crippen molar-refractivity contribution in [3.05, 3.63) is 29.6 Å². The Hall–Kier alpha value is -1.09. The molecule has 0 amide bonds. The van der Waals surface area contributed by atoms with Crippen LogP contribution in [0.2, 0.25) is 0 Å². The van der Waals surface area contributed by atoms with E-state index in [1.165, 1.54) is 19.2 Å². The van der Waals surface area contributed by atoms with Gasteiger partial charge in [0.2, 0.25) is 10.0 Å². The molecule has 0 unspecified atom stereocenters. The Morgan fingerprint density at radius 1 is 1.56 bits per heavy atom. The van der Waals surface area contributed by atoms with Crippen molar-refractivity contribution in [2.75, 3.05) is 20.3 Å². The Kier molecular flexibility index (Phi) is 5.15. The van der Waals surface area contributed by atoms with Gasteiger partial charge in [-0.05, 0) is 12.1 Å². The molecular formula is C10H13FN2O3S2. The first kappa shape index (κ1) is 15.0. The van der Waals surface area contributed by atoms with Crippen LogP contribution in [-0.4, -0.2) is 33.7 Å². The molecule has 3 N–H and O–H groups in total. The molecule has 0 saturated heterocycles. The largest absolute Gasteiger partial charge is 0.389 e. The van der Waals surface area contributed by atoms with Crippen molar-refractivity contribution >= 4 is 27.2 Å². The SMILES string of the molecule is COCCNS(=O)(=O)c1cccc(F)c1C(N)=S. The molecule has 1 aromatic rings. The standard InChI is InChI=1S/C10H13FN2O3S2/c1-16-6-5-13-18(14,15)8-4-2-3-7(11)9(8)10(12)17/h2-4,13H,5-6H2,1H3,(H2,12,17). The molecule has 1 rings (SSSR count). The van der Waals surface area contributed by atoms with Crippen molar-refractivity contribution in [1.82, 2.24) is 4.72 Å². The first-order chi connectivity index (χ1) is 8.40. The summed E-state index contributed by atoms with van der Waals surface area (Å²) in [5, 5.41) is 0. The first-order valence-corrected chi connectivity index (χ1v) is 6.86. The van der Waals surface area contributed by atoms with Gasteiger partial charge in [0.05, 0.1) is 17.1 Å². The number of nitrogens with two attached hydrogens (primary N) is 1. The molecule has 0 heterocycles. The number of thiocarbonyl (C=S) groups is 1. The second-order valence-corrected chi connectivity index (χ2v) is 5.54. The third-order valence-electron chi connectivity index (χ3n) is 2.11. The smallest absolute Gasteiger partial charge is 0.241 e. The van der Waals surface area contributed by atoms with Crippen LogP contribution in [0.5, 0.6) is 0 Å². The van der Waals surface area contributed by atoms with Gasteiger partial charge in [0.15, 0.2) is 0 Å². The van der Waals surface area contributed by atoms with Crippen molar-refractivity contribution in [3.63, 3.8) is 0 Å². The predicted molar refractivity (Wildman–Crippen MR) is 69.4 cm³/mol. The summed E-state index contributed by atoms with van der Waals surface area (Å²) < 4.78 is 44.4. The van der Waals surface area contributed by atoms with Crippen LogP contribution in [0.25, 0.3) is 0 Å². The first-order valence-electron chi connectivity index (χ1n) is 4.97. The normalized spacial score (nSPS) is 11.4. The summed E-state index contributed by atoms with van der Waals surface area (Å²) in [5.74, 6) is -0.767. The lowest BCUT2D eigenvalue weighted by Crippen LogP contribution is -2.29. The minimum absolute atomic E-state index is 0.0755. The van der Waals surface area contributed by atoms with E-state index in [1.54, 1.807) is 0 Å². The topological polar surface area (TPSA) is 81.4 Å². The van der Waals surface area contributed by atoms with E-state index in [4.69, 9.17) is 10.5 Å². The molecule has 0 aromatic heterocycles. The van der Waals surface area contributed by atoms with Gasteiger partial charge >= 0.3 is 0 Å². The number of rotatable bonds is 6. The summed E-state index contributed by atoms with van der Waals surface area (Å²) in [5.41, 5.74) is 5.06. The Labute approximate surface area is 110 Å². The molecule has 100 valence electrons. The second-order valence-electron chi connectivity index (χ2n) is 3.37. The zero-order valence-corrected chi connectivity index (χ0v) is 11.3. The molecule has 0 aliphatic carbocycles. The molecule has 0 radical (unpaired) electrons. The Morgan fingerprint density at radius 2 is 2.22 bits per heavy atom. The number of hydrogen-bond acceptors (Lipinski definition) is 4. The van der Waals surface area contributed by atoms with Crippen LogP contribution < -0.4 is 10.5 Å². The Morgan fingerprint density at radius 3 is 2.78 bits per heavy atom. The number of benzene rings is 1. The molecule has 0 bridgehead atoms.